The third kappa shape index (κ3) is 3.57. The molecule has 0 aliphatic rings. The van der Waals surface area contributed by atoms with Crippen LogP contribution in [0.4, 0.5) is 5.69 Å². The van der Waals surface area contributed by atoms with E-state index in [9.17, 15) is 9.59 Å². The molecule has 2 amide bonds. The number of hydrogen-bond acceptors (Lipinski definition) is 5. The van der Waals surface area contributed by atoms with Crippen LogP contribution in [0.1, 0.15) is 25.7 Å². The highest BCUT2D eigenvalue weighted by atomic mass is 35.5. The Bertz CT molecular complexity index is 935. The summed E-state index contributed by atoms with van der Waals surface area (Å²) in [5.74, 6) is -0.0803. The molecule has 2 N–H and O–H groups in total. The molecule has 2 heterocycles. The number of anilines is 1. The second kappa shape index (κ2) is 7.08. The van der Waals surface area contributed by atoms with Gasteiger partial charge in [-0.2, -0.15) is 0 Å². The van der Waals surface area contributed by atoms with E-state index in [-0.39, 0.29) is 17.4 Å². The van der Waals surface area contributed by atoms with Crippen LogP contribution in [-0.2, 0) is 0 Å². The number of nitrogens with one attached hydrogen (secondary N) is 2. The standard InChI is InChI=1S/C17H14ClN3O3S/c1-9-14(21-17(25-9)13-4-3-7-24-13)16(23)20-10-5-6-12(18)11(8-10)15(22)19-2/h3-8H,1-2H3,(H,19,22)(H,20,23). The maximum atomic E-state index is 12.5. The van der Waals surface area contributed by atoms with Gasteiger partial charge < -0.3 is 15.1 Å². The van der Waals surface area contributed by atoms with Crippen LogP contribution in [0.5, 0.6) is 0 Å². The highest BCUT2D eigenvalue weighted by Crippen LogP contribution is 2.28. The van der Waals surface area contributed by atoms with Gasteiger partial charge in [0.15, 0.2) is 10.8 Å². The smallest absolute Gasteiger partial charge is 0.275 e. The third-order valence-electron chi connectivity index (χ3n) is 3.44. The van der Waals surface area contributed by atoms with E-state index in [0.717, 1.165) is 4.88 Å². The maximum Gasteiger partial charge on any atom is 0.275 e. The monoisotopic (exact) mass is 375 g/mol. The number of thiazole rings is 1. The molecule has 6 nitrogen and oxygen atoms in total. The average molecular weight is 376 g/mol. The van der Waals surface area contributed by atoms with E-state index in [4.69, 9.17) is 16.0 Å². The molecule has 0 bridgehead atoms. The summed E-state index contributed by atoms with van der Waals surface area (Å²) in [6.07, 6.45) is 1.56. The number of halogens is 1. The summed E-state index contributed by atoms with van der Waals surface area (Å²) in [6.45, 7) is 1.82. The molecule has 0 fully saturated rings. The van der Waals surface area contributed by atoms with Crippen LogP contribution in [0.25, 0.3) is 10.8 Å². The number of carbonyl (C=O) groups is 2. The first kappa shape index (κ1) is 17.2. The Kier molecular flexibility index (Phi) is 4.87. The fourth-order valence-corrected chi connectivity index (χ4v) is 3.30. The van der Waals surface area contributed by atoms with Crippen molar-refractivity contribution in [2.75, 3.05) is 12.4 Å². The van der Waals surface area contributed by atoms with Crippen molar-refractivity contribution in [2.24, 2.45) is 0 Å². The summed E-state index contributed by atoms with van der Waals surface area (Å²) in [7, 11) is 1.51. The summed E-state index contributed by atoms with van der Waals surface area (Å²) >= 11 is 7.39. The van der Waals surface area contributed by atoms with Gasteiger partial charge in [-0.15, -0.1) is 11.3 Å². The molecule has 0 atom stereocenters. The summed E-state index contributed by atoms with van der Waals surface area (Å²) in [6, 6.07) is 8.26. The van der Waals surface area contributed by atoms with E-state index >= 15 is 0 Å². The lowest BCUT2D eigenvalue weighted by atomic mass is 10.2. The van der Waals surface area contributed by atoms with Crippen molar-refractivity contribution in [3.63, 3.8) is 0 Å². The highest BCUT2D eigenvalue weighted by molar-refractivity contribution is 7.15. The lowest BCUT2D eigenvalue weighted by Crippen LogP contribution is -2.19. The molecule has 2 aromatic heterocycles. The molecule has 0 aliphatic heterocycles. The Labute approximate surface area is 152 Å². The maximum absolute atomic E-state index is 12.5. The molecule has 3 rings (SSSR count). The largest absolute Gasteiger partial charge is 0.462 e. The lowest BCUT2D eigenvalue weighted by Gasteiger charge is -2.08. The van der Waals surface area contributed by atoms with Crippen LogP contribution < -0.4 is 10.6 Å². The first-order chi connectivity index (χ1) is 12.0. The Balaban J connectivity index is 1.85. The molecular formula is C17H14ClN3O3S. The average Bonchev–Trinajstić information content (AvgIpc) is 3.25. The zero-order valence-corrected chi connectivity index (χ0v) is 15.0. The number of carbonyl (C=O) groups excluding carboxylic acids is 2. The van der Waals surface area contributed by atoms with Gasteiger partial charge in [0.1, 0.15) is 5.69 Å². The van der Waals surface area contributed by atoms with Crippen LogP contribution in [-0.4, -0.2) is 23.8 Å². The van der Waals surface area contributed by atoms with Crippen LogP contribution in [0.3, 0.4) is 0 Å². The molecule has 1 aromatic carbocycles. The quantitative estimate of drug-likeness (QED) is 0.722. The molecule has 3 aromatic rings. The van der Waals surface area contributed by atoms with Crippen LogP contribution in [0.2, 0.25) is 5.02 Å². The molecule has 0 aliphatic carbocycles. The van der Waals surface area contributed by atoms with E-state index in [1.807, 2.05) is 6.92 Å². The van der Waals surface area contributed by atoms with Crippen molar-refractivity contribution in [2.45, 2.75) is 6.92 Å². The number of aryl methyl sites for hydroxylation is 1. The van der Waals surface area contributed by atoms with Crippen molar-refractivity contribution < 1.29 is 14.0 Å². The molecule has 0 saturated heterocycles. The molecule has 128 valence electrons. The molecule has 25 heavy (non-hydrogen) atoms. The van der Waals surface area contributed by atoms with Crippen LogP contribution in [0, 0.1) is 6.92 Å². The Morgan fingerprint density at radius 2 is 2.04 bits per heavy atom. The van der Waals surface area contributed by atoms with Gasteiger partial charge in [0.2, 0.25) is 0 Å². The van der Waals surface area contributed by atoms with Crippen LogP contribution in [0.15, 0.2) is 41.0 Å². The van der Waals surface area contributed by atoms with E-state index in [1.165, 1.54) is 24.5 Å². The van der Waals surface area contributed by atoms with Gasteiger partial charge in [0, 0.05) is 17.6 Å². The number of furan rings is 1. The number of hydrogen-bond donors (Lipinski definition) is 2. The van der Waals surface area contributed by atoms with Crippen molar-refractivity contribution in [3.05, 3.63) is 57.8 Å². The number of aromatic nitrogens is 1. The zero-order chi connectivity index (χ0) is 18.0. The van der Waals surface area contributed by atoms with E-state index < -0.39 is 0 Å². The second-order valence-corrected chi connectivity index (χ2v) is 6.74. The Morgan fingerprint density at radius 1 is 1.24 bits per heavy atom. The van der Waals surface area contributed by atoms with Gasteiger partial charge in [-0.1, -0.05) is 11.6 Å². The van der Waals surface area contributed by atoms with Gasteiger partial charge in [-0.25, -0.2) is 4.98 Å². The number of rotatable bonds is 4. The molecular weight excluding hydrogens is 362 g/mol. The van der Waals surface area contributed by atoms with Gasteiger partial charge in [0.05, 0.1) is 16.8 Å². The number of nitrogens with zero attached hydrogens (tertiary/aromatic N) is 1. The summed E-state index contributed by atoms with van der Waals surface area (Å²) in [5, 5.41) is 6.19. The van der Waals surface area contributed by atoms with E-state index in [0.29, 0.717) is 27.2 Å². The molecule has 0 saturated carbocycles. The number of amides is 2. The summed E-state index contributed by atoms with van der Waals surface area (Å²) < 4.78 is 5.31. The van der Waals surface area contributed by atoms with Gasteiger partial charge in [-0.3, -0.25) is 9.59 Å². The zero-order valence-electron chi connectivity index (χ0n) is 13.4. The Morgan fingerprint density at radius 3 is 2.72 bits per heavy atom. The fourth-order valence-electron chi connectivity index (χ4n) is 2.21. The SMILES string of the molecule is CNC(=O)c1cc(NC(=O)c2nc(-c3ccco3)sc2C)ccc1Cl. The fraction of sp³-hybridized carbons (Fsp3) is 0.118. The normalized spacial score (nSPS) is 10.5. The van der Waals surface area contributed by atoms with Crippen molar-refractivity contribution in [3.8, 4) is 10.8 Å². The summed E-state index contributed by atoms with van der Waals surface area (Å²) in [4.78, 5) is 29.4. The van der Waals surface area contributed by atoms with E-state index in [1.54, 1.807) is 30.5 Å². The van der Waals surface area contributed by atoms with Gasteiger partial charge in [0.25, 0.3) is 11.8 Å². The summed E-state index contributed by atoms with van der Waals surface area (Å²) in [5.41, 5.74) is 1.06. The predicted octanol–water partition coefficient (Wildman–Crippen LogP) is 3.98. The minimum Gasteiger partial charge on any atom is -0.462 e. The highest BCUT2D eigenvalue weighted by Gasteiger charge is 2.18. The topological polar surface area (TPSA) is 84.2 Å². The lowest BCUT2D eigenvalue weighted by molar-refractivity contribution is 0.0961. The Hall–Kier alpha value is -2.64. The van der Waals surface area contributed by atoms with Gasteiger partial charge in [-0.05, 0) is 37.3 Å². The van der Waals surface area contributed by atoms with Crippen molar-refractivity contribution in [1.29, 1.82) is 0 Å². The van der Waals surface area contributed by atoms with Gasteiger partial charge >= 0.3 is 0 Å². The van der Waals surface area contributed by atoms with Crippen LogP contribution >= 0.6 is 22.9 Å². The van der Waals surface area contributed by atoms with Crippen molar-refractivity contribution in [1.82, 2.24) is 10.3 Å². The first-order valence-electron chi connectivity index (χ1n) is 7.34. The van der Waals surface area contributed by atoms with E-state index in [2.05, 4.69) is 15.6 Å². The molecule has 0 radical (unpaired) electrons. The minimum absolute atomic E-state index is 0.285. The predicted molar refractivity (Wildman–Crippen MR) is 97.3 cm³/mol. The van der Waals surface area contributed by atoms with Crippen molar-refractivity contribution >= 4 is 40.4 Å². The molecule has 8 heteroatoms. The number of benzene rings is 1. The third-order valence-corrected chi connectivity index (χ3v) is 4.75. The minimum atomic E-state index is -0.364. The first-order valence-corrected chi connectivity index (χ1v) is 8.53. The second-order valence-electron chi connectivity index (χ2n) is 5.13. The molecule has 0 spiro atoms. The molecule has 0 unspecified atom stereocenters.